The number of benzene rings is 1. The molecule has 1 aromatic carbocycles. The summed E-state index contributed by atoms with van der Waals surface area (Å²) in [7, 11) is 0. The van der Waals surface area contributed by atoms with Gasteiger partial charge in [-0.15, -0.1) is 24.0 Å². The van der Waals surface area contributed by atoms with Gasteiger partial charge in [0.25, 0.3) is 0 Å². The van der Waals surface area contributed by atoms with E-state index < -0.39 is 0 Å². The Balaban J connectivity index is 0.00000312. The lowest BCUT2D eigenvalue weighted by molar-refractivity contribution is -0.0971. The van der Waals surface area contributed by atoms with Crippen LogP contribution in [0.2, 0.25) is 5.02 Å². The molecular weight excluding hydrogens is 456 g/mol. The Morgan fingerprint density at radius 1 is 1.36 bits per heavy atom. The monoisotopic (exact) mass is 483 g/mol. The number of guanidine groups is 1. The van der Waals surface area contributed by atoms with Gasteiger partial charge in [0.15, 0.2) is 5.96 Å². The van der Waals surface area contributed by atoms with Crippen molar-refractivity contribution in [1.29, 1.82) is 0 Å². The van der Waals surface area contributed by atoms with Gasteiger partial charge in [0, 0.05) is 28.9 Å². The normalized spacial score (nSPS) is 16.6. The van der Waals surface area contributed by atoms with Gasteiger partial charge in [0.2, 0.25) is 0 Å². The first kappa shape index (κ1) is 22.4. The van der Waals surface area contributed by atoms with E-state index in [0.29, 0.717) is 11.6 Å². The van der Waals surface area contributed by atoms with Crippen molar-refractivity contribution in [3.63, 3.8) is 0 Å². The molecule has 1 heterocycles. The molecule has 0 spiro atoms. The summed E-state index contributed by atoms with van der Waals surface area (Å²) in [5.41, 5.74) is 0.771. The van der Waals surface area contributed by atoms with Crippen LogP contribution in [0.5, 0.6) is 0 Å². The van der Waals surface area contributed by atoms with Gasteiger partial charge in [-0.05, 0) is 24.6 Å². The number of nitrogens with zero attached hydrogens (tertiary/aromatic N) is 1. The maximum Gasteiger partial charge on any atom is 0.191 e. The highest BCUT2D eigenvalue weighted by atomic mass is 127. The molecule has 1 aliphatic rings. The average molecular weight is 484 g/mol. The van der Waals surface area contributed by atoms with Crippen LogP contribution in [0.15, 0.2) is 23.2 Å². The van der Waals surface area contributed by atoms with Crippen LogP contribution in [0.3, 0.4) is 0 Å². The molecule has 0 aliphatic carbocycles. The van der Waals surface area contributed by atoms with Crippen LogP contribution in [0.1, 0.15) is 33.3 Å². The maximum absolute atomic E-state index is 13.3. The van der Waals surface area contributed by atoms with Crippen molar-refractivity contribution in [3.05, 3.63) is 34.6 Å². The van der Waals surface area contributed by atoms with Gasteiger partial charge < -0.3 is 15.4 Å². The second-order valence-electron chi connectivity index (χ2n) is 7.36. The quantitative estimate of drug-likeness (QED) is 0.366. The van der Waals surface area contributed by atoms with Crippen LogP contribution in [-0.2, 0) is 10.2 Å². The third-order valence-electron chi connectivity index (χ3n) is 4.22. The first-order valence-electron chi connectivity index (χ1n) is 8.31. The molecule has 2 rings (SSSR count). The number of aliphatic imine (C=N–C) groups is 1. The molecule has 2 N–H and O–H groups in total. The highest BCUT2D eigenvalue weighted by molar-refractivity contribution is 14.0. The van der Waals surface area contributed by atoms with Crippen molar-refractivity contribution in [2.45, 2.75) is 33.1 Å². The molecule has 1 aliphatic heterocycles. The van der Waals surface area contributed by atoms with Crippen molar-refractivity contribution in [2.75, 3.05) is 32.8 Å². The van der Waals surface area contributed by atoms with Crippen molar-refractivity contribution >= 4 is 41.5 Å². The van der Waals surface area contributed by atoms with Gasteiger partial charge in [-0.25, -0.2) is 4.39 Å². The fourth-order valence-corrected chi connectivity index (χ4v) is 3.01. The summed E-state index contributed by atoms with van der Waals surface area (Å²) < 4.78 is 18.5. The van der Waals surface area contributed by atoms with Gasteiger partial charge in [-0.1, -0.05) is 38.4 Å². The van der Waals surface area contributed by atoms with Crippen LogP contribution in [0.4, 0.5) is 4.39 Å². The molecule has 0 atom stereocenters. The van der Waals surface area contributed by atoms with Crippen molar-refractivity contribution in [1.82, 2.24) is 10.6 Å². The summed E-state index contributed by atoms with van der Waals surface area (Å²) in [6, 6.07) is 4.52. The molecule has 0 amide bonds. The van der Waals surface area contributed by atoms with Crippen LogP contribution in [0.25, 0.3) is 0 Å². The van der Waals surface area contributed by atoms with Crippen molar-refractivity contribution in [3.8, 4) is 0 Å². The molecule has 0 aromatic heterocycles. The highest BCUT2D eigenvalue weighted by Gasteiger charge is 2.33. The Kier molecular flexibility index (Phi) is 8.41. The number of ether oxygens (including phenoxy) is 1. The number of nitrogens with one attached hydrogen (secondary N) is 2. The summed E-state index contributed by atoms with van der Waals surface area (Å²) in [6.07, 6.45) is 0. The molecule has 142 valence electrons. The second kappa shape index (κ2) is 9.37. The molecule has 0 unspecified atom stereocenters. The zero-order chi connectivity index (χ0) is 17.8. The lowest BCUT2D eigenvalue weighted by Crippen LogP contribution is -2.51. The first-order valence-corrected chi connectivity index (χ1v) is 8.69. The Morgan fingerprint density at radius 3 is 2.56 bits per heavy atom. The summed E-state index contributed by atoms with van der Waals surface area (Å²) in [5.74, 6) is 0.450. The average Bonchev–Trinajstić information content (AvgIpc) is 2.47. The van der Waals surface area contributed by atoms with E-state index in [0.717, 1.165) is 37.8 Å². The summed E-state index contributed by atoms with van der Waals surface area (Å²) in [4.78, 5) is 4.69. The Morgan fingerprint density at radius 2 is 2.04 bits per heavy atom. The minimum Gasteiger partial charge on any atom is -0.380 e. The van der Waals surface area contributed by atoms with Gasteiger partial charge in [0.05, 0.1) is 19.8 Å². The van der Waals surface area contributed by atoms with Gasteiger partial charge in [-0.3, -0.25) is 4.99 Å². The van der Waals surface area contributed by atoms with E-state index in [9.17, 15) is 4.39 Å². The van der Waals surface area contributed by atoms with Crippen molar-refractivity contribution in [2.24, 2.45) is 10.4 Å². The molecule has 7 heteroatoms. The SMILES string of the molecule is CCNC(=NCC(C)(C)c1ccc(F)cc1Cl)NCC1(C)COC1.I. The lowest BCUT2D eigenvalue weighted by Gasteiger charge is -2.38. The predicted octanol–water partition coefficient (Wildman–Crippen LogP) is 3.97. The van der Waals surface area contributed by atoms with E-state index in [2.05, 4.69) is 36.4 Å². The van der Waals surface area contributed by atoms with Gasteiger partial charge in [0.1, 0.15) is 5.82 Å². The largest absolute Gasteiger partial charge is 0.380 e. The minimum atomic E-state index is -0.325. The van der Waals surface area contributed by atoms with E-state index in [1.165, 1.54) is 12.1 Å². The van der Waals surface area contributed by atoms with Gasteiger partial charge in [-0.2, -0.15) is 0 Å². The standard InChI is InChI=1S/C18H27ClFN3O.HI/c1-5-21-16(23-10-18(4)11-24-12-18)22-9-17(2,3)14-7-6-13(20)8-15(14)19;/h6-8H,5,9-12H2,1-4H3,(H2,21,22,23);1H. The summed E-state index contributed by atoms with van der Waals surface area (Å²) in [5, 5.41) is 7.07. The lowest BCUT2D eigenvalue weighted by atomic mass is 9.84. The molecule has 1 fully saturated rings. The van der Waals surface area contributed by atoms with Crippen LogP contribution < -0.4 is 10.6 Å². The molecular formula is C18H28ClFIN3O. The fraction of sp³-hybridized carbons (Fsp3) is 0.611. The summed E-state index contributed by atoms with van der Waals surface area (Å²) >= 11 is 6.20. The molecule has 1 aromatic rings. The molecule has 0 radical (unpaired) electrons. The number of hydrogen-bond acceptors (Lipinski definition) is 2. The van der Waals surface area contributed by atoms with E-state index in [-0.39, 0.29) is 40.6 Å². The molecule has 25 heavy (non-hydrogen) atoms. The predicted molar refractivity (Wildman–Crippen MR) is 113 cm³/mol. The van der Waals surface area contributed by atoms with E-state index >= 15 is 0 Å². The third kappa shape index (κ3) is 6.25. The smallest absolute Gasteiger partial charge is 0.191 e. The Labute approximate surface area is 172 Å². The van der Waals surface area contributed by atoms with E-state index in [1.54, 1.807) is 6.07 Å². The molecule has 0 bridgehead atoms. The van der Waals surface area contributed by atoms with Crippen molar-refractivity contribution < 1.29 is 9.13 Å². The Hall–Kier alpha value is -0.600. The number of halogens is 3. The van der Waals surface area contributed by atoms with Gasteiger partial charge >= 0.3 is 0 Å². The summed E-state index contributed by atoms with van der Waals surface area (Å²) in [6.45, 7) is 12.0. The molecule has 0 saturated carbocycles. The van der Waals surface area contributed by atoms with Crippen LogP contribution in [0, 0.1) is 11.2 Å². The zero-order valence-corrected chi connectivity index (χ0v) is 18.4. The Bertz CT molecular complexity index is 606. The second-order valence-corrected chi connectivity index (χ2v) is 7.77. The number of hydrogen-bond donors (Lipinski definition) is 2. The topological polar surface area (TPSA) is 45.7 Å². The van der Waals surface area contributed by atoms with Crippen LogP contribution >= 0.6 is 35.6 Å². The molecule has 1 saturated heterocycles. The third-order valence-corrected chi connectivity index (χ3v) is 4.53. The van der Waals surface area contributed by atoms with Crippen LogP contribution in [-0.4, -0.2) is 38.8 Å². The molecule has 4 nitrogen and oxygen atoms in total. The number of rotatable bonds is 6. The van der Waals surface area contributed by atoms with E-state index in [4.69, 9.17) is 16.3 Å². The minimum absolute atomic E-state index is 0. The fourth-order valence-electron chi connectivity index (χ4n) is 2.59. The zero-order valence-electron chi connectivity index (χ0n) is 15.3. The first-order chi connectivity index (χ1) is 11.3. The highest BCUT2D eigenvalue weighted by Crippen LogP contribution is 2.30. The van der Waals surface area contributed by atoms with E-state index in [1.807, 2.05) is 6.92 Å². The maximum atomic E-state index is 13.3.